The highest BCUT2D eigenvalue weighted by Crippen LogP contribution is 2.45. The van der Waals surface area contributed by atoms with Crippen LogP contribution in [0.2, 0.25) is 0 Å². The van der Waals surface area contributed by atoms with Crippen LogP contribution in [0.1, 0.15) is 20.3 Å². The van der Waals surface area contributed by atoms with E-state index in [1.807, 2.05) is 0 Å². The third-order valence-corrected chi connectivity index (χ3v) is 3.16. The summed E-state index contributed by atoms with van der Waals surface area (Å²) >= 11 is 16.5. The minimum absolute atomic E-state index is 0.0379. The van der Waals surface area contributed by atoms with Crippen molar-refractivity contribution in [3.8, 4) is 0 Å². The number of halogens is 3. The summed E-state index contributed by atoms with van der Waals surface area (Å²) in [4.78, 5) is 11.6. The van der Waals surface area contributed by atoms with Gasteiger partial charge in [0.2, 0.25) is 9.58 Å². The SMILES string of the molecule is CC1(C)CO[C@](O)(C(Cl)(Cl)Cl)CC1=O. The number of carbonyl (C=O) groups excluding carboxylic acids is 1. The quantitative estimate of drug-likeness (QED) is 0.679. The minimum Gasteiger partial charge on any atom is -0.362 e. The Morgan fingerprint density at radius 2 is 1.93 bits per heavy atom. The number of alkyl halides is 3. The fourth-order valence-electron chi connectivity index (χ4n) is 1.07. The lowest BCUT2D eigenvalue weighted by Crippen LogP contribution is -2.55. The van der Waals surface area contributed by atoms with Crippen molar-refractivity contribution >= 4 is 40.6 Å². The summed E-state index contributed by atoms with van der Waals surface area (Å²) in [6, 6.07) is 0. The van der Waals surface area contributed by atoms with Crippen LogP contribution >= 0.6 is 34.8 Å². The molecule has 82 valence electrons. The Morgan fingerprint density at radius 1 is 1.43 bits per heavy atom. The summed E-state index contributed by atoms with van der Waals surface area (Å²) in [6.45, 7) is 3.47. The maximum Gasteiger partial charge on any atom is 0.244 e. The summed E-state index contributed by atoms with van der Waals surface area (Å²) < 4.78 is 3.04. The Labute approximate surface area is 97.3 Å². The molecule has 0 aromatic rings. The second kappa shape index (κ2) is 3.49. The van der Waals surface area contributed by atoms with Crippen molar-refractivity contribution in [1.29, 1.82) is 0 Å². The van der Waals surface area contributed by atoms with E-state index >= 15 is 0 Å². The van der Waals surface area contributed by atoms with Crippen LogP contribution in [0.4, 0.5) is 0 Å². The lowest BCUT2D eigenvalue weighted by molar-refractivity contribution is -0.235. The van der Waals surface area contributed by atoms with Gasteiger partial charge in [-0.2, -0.15) is 0 Å². The van der Waals surface area contributed by atoms with Gasteiger partial charge in [0.15, 0.2) is 0 Å². The average molecular weight is 262 g/mol. The summed E-state index contributed by atoms with van der Waals surface area (Å²) in [5, 5.41) is 9.77. The van der Waals surface area contributed by atoms with E-state index in [1.54, 1.807) is 13.8 Å². The van der Waals surface area contributed by atoms with Crippen molar-refractivity contribution in [2.75, 3.05) is 6.61 Å². The van der Waals surface area contributed by atoms with Gasteiger partial charge in [-0.3, -0.25) is 4.79 Å². The number of Topliss-reactive ketones (excluding diaryl/α,β-unsaturated/α-hetero) is 1. The topological polar surface area (TPSA) is 46.5 Å². The molecule has 0 aromatic carbocycles. The van der Waals surface area contributed by atoms with Gasteiger partial charge in [0.05, 0.1) is 13.0 Å². The van der Waals surface area contributed by atoms with Gasteiger partial charge in [0, 0.05) is 5.41 Å². The largest absolute Gasteiger partial charge is 0.362 e. The zero-order valence-corrected chi connectivity index (χ0v) is 10.1. The van der Waals surface area contributed by atoms with Gasteiger partial charge >= 0.3 is 0 Å². The second-order valence-electron chi connectivity index (χ2n) is 4.05. The number of carbonyl (C=O) groups is 1. The molecule has 0 amide bonds. The molecule has 0 aliphatic carbocycles. The maximum absolute atomic E-state index is 11.6. The van der Waals surface area contributed by atoms with E-state index in [9.17, 15) is 9.90 Å². The van der Waals surface area contributed by atoms with Crippen LogP contribution < -0.4 is 0 Å². The fraction of sp³-hybridized carbons (Fsp3) is 0.875. The molecule has 1 aliphatic rings. The smallest absolute Gasteiger partial charge is 0.244 e. The van der Waals surface area contributed by atoms with E-state index in [-0.39, 0.29) is 18.8 Å². The molecule has 6 heteroatoms. The summed E-state index contributed by atoms with van der Waals surface area (Å²) in [5.41, 5.74) is -0.637. The van der Waals surface area contributed by atoms with Gasteiger partial charge in [-0.15, -0.1) is 0 Å². The molecule has 0 radical (unpaired) electrons. The van der Waals surface area contributed by atoms with E-state index in [4.69, 9.17) is 39.5 Å². The molecule has 1 rings (SSSR count). The molecular weight excluding hydrogens is 250 g/mol. The first-order valence-electron chi connectivity index (χ1n) is 4.05. The third kappa shape index (κ3) is 2.17. The Balaban J connectivity index is 2.87. The summed E-state index contributed by atoms with van der Waals surface area (Å²) in [5.74, 6) is -2.19. The van der Waals surface area contributed by atoms with Gasteiger partial charge in [0.25, 0.3) is 0 Å². The third-order valence-electron chi connectivity index (χ3n) is 2.27. The molecule has 0 unspecified atom stereocenters. The van der Waals surface area contributed by atoms with Gasteiger partial charge in [-0.25, -0.2) is 0 Å². The van der Waals surface area contributed by atoms with Crippen LogP contribution in [-0.2, 0) is 9.53 Å². The Bertz CT molecular complexity index is 259. The van der Waals surface area contributed by atoms with E-state index < -0.39 is 15.0 Å². The monoisotopic (exact) mass is 260 g/mol. The first-order valence-corrected chi connectivity index (χ1v) is 5.18. The first-order chi connectivity index (χ1) is 6.08. The van der Waals surface area contributed by atoms with Gasteiger partial charge in [-0.1, -0.05) is 48.7 Å². The van der Waals surface area contributed by atoms with Crippen molar-refractivity contribution in [2.45, 2.75) is 29.8 Å². The predicted octanol–water partition coefficient (Wildman–Crippen LogP) is 2.06. The molecule has 1 N–H and O–H groups in total. The van der Waals surface area contributed by atoms with Crippen molar-refractivity contribution in [3.63, 3.8) is 0 Å². The molecule has 1 aliphatic heterocycles. The van der Waals surface area contributed by atoms with Crippen LogP contribution in [-0.4, -0.2) is 27.1 Å². The molecular formula is C8H11Cl3O3. The van der Waals surface area contributed by atoms with Gasteiger partial charge < -0.3 is 9.84 Å². The van der Waals surface area contributed by atoms with Crippen LogP contribution in [0.15, 0.2) is 0 Å². The number of aliphatic hydroxyl groups is 1. The minimum atomic E-state index is -2.01. The van der Waals surface area contributed by atoms with Crippen LogP contribution in [0.25, 0.3) is 0 Å². The van der Waals surface area contributed by atoms with E-state index in [2.05, 4.69) is 0 Å². The molecule has 0 saturated carbocycles. The number of rotatable bonds is 0. The highest BCUT2D eigenvalue weighted by atomic mass is 35.6. The van der Waals surface area contributed by atoms with Gasteiger partial charge in [0.1, 0.15) is 5.78 Å². The second-order valence-corrected chi connectivity index (χ2v) is 6.34. The Morgan fingerprint density at radius 3 is 2.29 bits per heavy atom. The molecule has 0 aromatic heterocycles. The number of hydrogen-bond acceptors (Lipinski definition) is 3. The number of ketones is 1. The lowest BCUT2D eigenvalue weighted by Gasteiger charge is -2.42. The molecule has 0 bridgehead atoms. The lowest BCUT2D eigenvalue weighted by atomic mass is 9.83. The Kier molecular flexibility index (Phi) is 3.13. The molecule has 1 fully saturated rings. The maximum atomic E-state index is 11.6. The fourth-order valence-corrected chi connectivity index (χ4v) is 1.43. The molecule has 1 saturated heterocycles. The highest BCUT2D eigenvalue weighted by molar-refractivity contribution is 6.68. The zero-order chi connectivity index (χ0) is 11.2. The standard InChI is InChI=1S/C8H11Cl3O3/c1-6(2)4-14-7(13,3-5(6)12)8(9,10)11/h13H,3-4H2,1-2H3/t7-/m0/s1. The molecule has 1 heterocycles. The molecule has 0 spiro atoms. The average Bonchev–Trinajstić information content (AvgIpc) is 1.96. The van der Waals surface area contributed by atoms with Crippen LogP contribution in [0.3, 0.4) is 0 Å². The van der Waals surface area contributed by atoms with Crippen LogP contribution in [0.5, 0.6) is 0 Å². The Hall–Kier alpha value is 0.460. The van der Waals surface area contributed by atoms with Gasteiger partial charge in [-0.05, 0) is 0 Å². The summed E-state index contributed by atoms with van der Waals surface area (Å²) in [6.07, 6.45) is -0.309. The van der Waals surface area contributed by atoms with E-state index in [0.29, 0.717) is 0 Å². The number of hydrogen-bond donors (Lipinski definition) is 1. The summed E-state index contributed by atoms with van der Waals surface area (Å²) in [7, 11) is 0. The highest BCUT2D eigenvalue weighted by Gasteiger charge is 2.55. The molecule has 1 atom stereocenters. The molecule has 14 heavy (non-hydrogen) atoms. The van der Waals surface area contributed by atoms with Crippen molar-refractivity contribution in [3.05, 3.63) is 0 Å². The zero-order valence-electron chi connectivity index (χ0n) is 7.81. The first kappa shape index (κ1) is 12.5. The van der Waals surface area contributed by atoms with Crippen molar-refractivity contribution in [2.24, 2.45) is 5.41 Å². The van der Waals surface area contributed by atoms with Crippen molar-refractivity contribution in [1.82, 2.24) is 0 Å². The molecule has 3 nitrogen and oxygen atoms in total. The normalized spacial score (nSPS) is 33.1. The van der Waals surface area contributed by atoms with Crippen LogP contribution in [0, 0.1) is 5.41 Å². The predicted molar refractivity (Wildman–Crippen MR) is 54.6 cm³/mol. The van der Waals surface area contributed by atoms with E-state index in [0.717, 1.165) is 0 Å². The van der Waals surface area contributed by atoms with Crippen molar-refractivity contribution < 1.29 is 14.6 Å². The van der Waals surface area contributed by atoms with E-state index in [1.165, 1.54) is 0 Å². The number of ether oxygens (including phenoxy) is 1.